The molecule has 4 nitrogen and oxygen atoms in total. The van der Waals surface area contributed by atoms with Gasteiger partial charge in [0.25, 0.3) is 0 Å². The van der Waals surface area contributed by atoms with Gasteiger partial charge in [0, 0.05) is 18.8 Å². The first kappa shape index (κ1) is 13.6. The Labute approximate surface area is 128 Å². The van der Waals surface area contributed by atoms with E-state index in [1.54, 1.807) is 10.9 Å². The van der Waals surface area contributed by atoms with E-state index in [0.717, 1.165) is 28.1 Å². The van der Waals surface area contributed by atoms with Gasteiger partial charge in [0.2, 0.25) is 0 Å². The molecule has 5 heteroatoms. The number of nitrogens with two attached hydrogens (primary N) is 1. The number of aromatic nitrogens is 3. The largest absolute Gasteiger partial charge is 0.383 e. The molecule has 0 aliphatic heterocycles. The third kappa shape index (κ3) is 2.28. The van der Waals surface area contributed by atoms with Gasteiger partial charge in [0.05, 0.1) is 16.3 Å². The van der Waals surface area contributed by atoms with E-state index in [1.807, 2.05) is 50.4 Å². The van der Waals surface area contributed by atoms with Gasteiger partial charge in [-0.3, -0.25) is 9.67 Å². The smallest absolute Gasteiger partial charge is 0.131 e. The van der Waals surface area contributed by atoms with Gasteiger partial charge < -0.3 is 5.73 Å². The Bertz CT molecular complexity index is 794. The predicted molar refractivity (Wildman–Crippen MR) is 86.0 cm³/mol. The summed E-state index contributed by atoms with van der Waals surface area (Å²) in [5.74, 6) is 0.571. The van der Waals surface area contributed by atoms with Crippen LogP contribution in [0.1, 0.15) is 5.56 Å². The Morgan fingerprint density at radius 1 is 1.14 bits per heavy atom. The molecule has 0 amide bonds. The van der Waals surface area contributed by atoms with Gasteiger partial charge in [0.1, 0.15) is 11.5 Å². The molecule has 3 rings (SSSR count). The van der Waals surface area contributed by atoms with Crippen molar-refractivity contribution in [3.8, 4) is 22.5 Å². The normalized spacial score (nSPS) is 10.8. The fraction of sp³-hybridized carbons (Fsp3) is 0.125. The van der Waals surface area contributed by atoms with Crippen molar-refractivity contribution in [2.75, 3.05) is 5.73 Å². The van der Waals surface area contributed by atoms with Gasteiger partial charge in [-0.05, 0) is 24.6 Å². The van der Waals surface area contributed by atoms with Crippen molar-refractivity contribution in [1.82, 2.24) is 14.8 Å². The van der Waals surface area contributed by atoms with Crippen molar-refractivity contribution in [2.45, 2.75) is 6.92 Å². The van der Waals surface area contributed by atoms with Crippen molar-refractivity contribution in [3.05, 3.63) is 53.2 Å². The highest BCUT2D eigenvalue weighted by Crippen LogP contribution is 2.38. The van der Waals surface area contributed by atoms with Gasteiger partial charge in [-0.15, -0.1) is 0 Å². The lowest BCUT2D eigenvalue weighted by Crippen LogP contribution is -1.98. The maximum atomic E-state index is 6.44. The average molecular weight is 299 g/mol. The second-order valence-corrected chi connectivity index (χ2v) is 5.26. The molecule has 21 heavy (non-hydrogen) atoms. The molecule has 0 radical (unpaired) electrons. The lowest BCUT2D eigenvalue weighted by Gasteiger charge is -2.07. The topological polar surface area (TPSA) is 56.7 Å². The molecule has 0 bridgehead atoms. The molecule has 0 aliphatic carbocycles. The number of hydrogen-bond donors (Lipinski definition) is 1. The van der Waals surface area contributed by atoms with E-state index in [2.05, 4.69) is 10.1 Å². The Morgan fingerprint density at radius 2 is 1.95 bits per heavy atom. The molecule has 0 saturated carbocycles. The highest BCUT2D eigenvalue weighted by Gasteiger charge is 2.20. The number of rotatable bonds is 2. The van der Waals surface area contributed by atoms with Crippen LogP contribution in [0, 0.1) is 6.92 Å². The minimum absolute atomic E-state index is 0.571. The second kappa shape index (κ2) is 5.22. The van der Waals surface area contributed by atoms with Gasteiger partial charge in [-0.2, -0.15) is 5.10 Å². The minimum Gasteiger partial charge on any atom is -0.383 e. The lowest BCUT2D eigenvalue weighted by molar-refractivity contribution is 0.782. The fourth-order valence-electron chi connectivity index (χ4n) is 2.32. The van der Waals surface area contributed by atoms with Crippen LogP contribution in [0.15, 0.2) is 42.6 Å². The lowest BCUT2D eigenvalue weighted by atomic mass is 10.0. The van der Waals surface area contributed by atoms with E-state index in [-0.39, 0.29) is 0 Å². The number of benzene rings is 1. The van der Waals surface area contributed by atoms with Crippen molar-refractivity contribution in [2.24, 2.45) is 7.05 Å². The molecule has 1 aromatic carbocycles. The van der Waals surface area contributed by atoms with Gasteiger partial charge in [0.15, 0.2) is 0 Å². The van der Waals surface area contributed by atoms with Crippen LogP contribution in [0.25, 0.3) is 22.5 Å². The molecule has 2 N–H and O–H groups in total. The van der Waals surface area contributed by atoms with Crippen LogP contribution < -0.4 is 5.73 Å². The SMILES string of the molecule is Cc1cccc(-c2nn(C)c(N)c2-c2ccccn2)c1Cl. The summed E-state index contributed by atoms with van der Waals surface area (Å²) < 4.78 is 1.65. The average Bonchev–Trinajstić information content (AvgIpc) is 2.78. The van der Waals surface area contributed by atoms with Crippen molar-refractivity contribution < 1.29 is 0 Å². The summed E-state index contributed by atoms with van der Waals surface area (Å²) in [7, 11) is 1.81. The number of anilines is 1. The summed E-state index contributed by atoms with van der Waals surface area (Å²) in [5.41, 5.74) is 10.4. The van der Waals surface area contributed by atoms with E-state index in [0.29, 0.717) is 10.8 Å². The van der Waals surface area contributed by atoms with Crippen LogP contribution in [0.5, 0.6) is 0 Å². The van der Waals surface area contributed by atoms with Crippen LogP contribution in [-0.4, -0.2) is 14.8 Å². The maximum Gasteiger partial charge on any atom is 0.131 e. The van der Waals surface area contributed by atoms with Crippen molar-refractivity contribution in [1.29, 1.82) is 0 Å². The van der Waals surface area contributed by atoms with Crippen molar-refractivity contribution in [3.63, 3.8) is 0 Å². The first-order chi connectivity index (χ1) is 10.1. The molecular weight excluding hydrogens is 284 g/mol. The van der Waals surface area contributed by atoms with Crippen LogP contribution in [0.4, 0.5) is 5.82 Å². The number of aryl methyl sites for hydroxylation is 2. The Hall–Kier alpha value is -2.33. The summed E-state index contributed by atoms with van der Waals surface area (Å²) in [6.45, 7) is 1.97. The fourth-order valence-corrected chi connectivity index (χ4v) is 2.53. The Balaban J connectivity index is 2.30. The first-order valence-corrected chi connectivity index (χ1v) is 6.96. The summed E-state index contributed by atoms with van der Waals surface area (Å²) in [6.07, 6.45) is 1.74. The Morgan fingerprint density at radius 3 is 2.67 bits per heavy atom. The molecule has 0 saturated heterocycles. The molecule has 0 spiro atoms. The van der Waals surface area contributed by atoms with E-state index in [4.69, 9.17) is 17.3 Å². The molecule has 2 heterocycles. The van der Waals surface area contributed by atoms with Crippen LogP contribution in [0.3, 0.4) is 0 Å². The summed E-state index contributed by atoms with van der Waals surface area (Å²) in [5, 5.41) is 5.21. The molecule has 3 aromatic rings. The standard InChI is InChI=1S/C16H15ClN4/c1-10-6-5-7-11(14(10)17)15-13(16(18)21(2)20-15)12-8-3-4-9-19-12/h3-9H,18H2,1-2H3. The monoisotopic (exact) mass is 298 g/mol. The molecule has 0 fully saturated rings. The summed E-state index contributed by atoms with van der Waals surface area (Å²) in [6, 6.07) is 11.6. The molecule has 2 aromatic heterocycles. The Kier molecular flexibility index (Phi) is 3.39. The van der Waals surface area contributed by atoms with E-state index < -0.39 is 0 Å². The van der Waals surface area contributed by atoms with E-state index in [9.17, 15) is 0 Å². The summed E-state index contributed by atoms with van der Waals surface area (Å²) in [4.78, 5) is 4.38. The molecule has 0 aliphatic rings. The quantitative estimate of drug-likeness (QED) is 0.785. The van der Waals surface area contributed by atoms with Crippen LogP contribution in [0.2, 0.25) is 5.02 Å². The number of halogens is 1. The minimum atomic E-state index is 0.571. The predicted octanol–water partition coefficient (Wildman–Crippen LogP) is 3.69. The summed E-state index contributed by atoms with van der Waals surface area (Å²) >= 11 is 6.44. The van der Waals surface area contributed by atoms with Gasteiger partial charge in [-0.1, -0.05) is 35.9 Å². The molecule has 106 valence electrons. The zero-order chi connectivity index (χ0) is 15.0. The maximum absolute atomic E-state index is 6.44. The number of nitrogens with zero attached hydrogens (tertiary/aromatic N) is 3. The molecular formula is C16H15ClN4. The highest BCUT2D eigenvalue weighted by molar-refractivity contribution is 6.34. The highest BCUT2D eigenvalue weighted by atomic mass is 35.5. The molecule has 0 atom stereocenters. The van der Waals surface area contributed by atoms with Gasteiger partial charge >= 0.3 is 0 Å². The third-order valence-corrected chi connectivity index (χ3v) is 3.96. The van der Waals surface area contributed by atoms with Crippen LogP contribution in [-0.2, 0) is 7.05 Å². The second-order valence-electron chi connectivity index (χ2n) is 4.88. The zero-order valence-electron chi connectivity index (χ0n) is 11.8. The number of nitrogen functional groups attached to an aromatic ring is 1. The number of pyridine rings is 1. The van der Waals surface area contributed by atoms with Gasteiger partial charge in [-0.25, -0.2) is 0 Å². The molecule has 0 unspecified atom stereocenters. The van der Waals surface area contributed by atoms with E-state index in [1.165, 1.54) is 0 Å². The van der Waals surface area contributed by atoms with E-state index >= 15 is 0 Å². The van der Waals surface area contributed by atoms with Crippen LogP contribution >= 0.6 is 11.6 Å². The van der Waals surface area contributed by atoms with Crippen molar-refractivity contribution >= 4 is 17.4 Å². The number of hydrogen-bond acceptors (Lipinski definition) is 3. The first-order valence-electron chi connectivity index (χ1n) is 6.59. The third-order valence-electron chi connectivity index (χ3n) is 3.46. The zero-order valence-corrected chi connectivity index (χ0v) is 12.6.